The number of nitrogens with one attached hydrogen (secondary N) is 1. The molecule has 0 spiro atoms. The Morgan fingerprint density at radius 2 is 1.97 bits per heavy atom. The molecule has 33 heavy (non-hydrogen) atoms. The van der Waals surface area contributed by atoms with Crippen molar-refractivity contribution in [3.8, 4) is 11.1 Å². The molecule has 2 heterocycles. The van der Waals surface area contributed by atoms with Gasteiger partial charge in [-0.3, -0.25) is 13.8 Å². The van der Waals surface area contributed by atoms with Gasteiger partial charge in [-0.15, -0.1) is 0 Å². The van der Waals surface area contributed by atoms with Crippen LogP contribution in [0.25, 0.3) is 11.1 Å². The first kappa shape index (κ1) is 22.8. The van der Waals surface area contributed by atoms with Crippen LogP contribution in [0.5, 0.6) is 0 Å². The molecule has 1 amide bonds. The van der Waals surface area contributed by atoms with E-state index < -0.39 is 34.6 Å². The third-order valence-electron chi connectivity index (χ3n) is 5.47. The van der Waals surface area contributed by atoms with Gasteiger partial charge in [-0.1, -0.05) is 42.5 Å². The van der Waals surface area contributed by atoms with Crippen LogP contribution < -0.4 is 5.32 Å². The predicted molar refractivity (Wildman–Crippen MR) is 122 cm³/mol. The summed E-state index contributed by atoms with van der Waals surface area (Å²) in [6.45, 7) is 1.64. The van der Waals surface area contributed by atoms with Gasteiger partial charge in [0.05, 0.1) is 29.0 Å². The van der Waals surface area contributed by atoms with Crippen molar-refractivity contribution in [3.05, 3.63) is 83.8 Å². The highest BCUT2D eigenvalue weighted by atomic mass is 32.2. The van der Waals surface area contributed by atoms with E-state index in [0.717, 1.165) is 5.56 Å². The van der Waals surface area contributed by atoms with Crippen LogP contribution in [0.3, 0.4) is 0 Å². The summed E-state index contributed by atoms with van der Waals surface area (Å²) in [5, 5.41) is 3.16. The monoisotopic (exact) mass is 466 g/mol. The highest BCUT2D eigenvalue weighted by Gasteiger charge is 2.35. The number of amides is 1. The van der Waals surface area contributed by atoms with E-state index in [1.807, 2.05) is 12.1 Å². The van der Waals surface area contributed by atoms with Crippen LogP contribution in [0.4, 0.5) is 4.39 Å². The van der Waals surface area contributed by atoms with E-state index in [2.05, 4.69) is 10.3 Å². The molecule has 170 valence electrons. The molecule has 1 aliphatic rings. The number of carbonyl (C=O) groups excluding carboxylic acids is 2. The summed E-state index contributed by atoms with van der Waals surface area (Å²) in [5.74, 6) is -1.28. The van der Waals surface area contributed by atoms with Crippen molar-refractivity contribution < 1.29 is 22.9 Å². The third-order valence-corrected chi connectivity index (χ3v) is 6.78. The molecule has 1 aliphatic heterocycles. The zero-order chi connectivity index (χ0) is 23.4. The van der Waals surface area contributed by atoms with E-state index in [-0.39, 0.29) is 12.5 Å². The quantitative estimate of drug-likeness (QED) is 0.537. The van der Waals surface area contributed by atoms with E-state index in [4.69, 9.17) is 4.74 Å². The van der Waals surface area contributed by atoms with Gasteiger partial charge in [-0.2, -0.15) is 0 Å². The lowest BCUT2D eigenvalue weighted by molar-refractivity contribution is -0.142. The van der Waals surface area contributed by atoms with Gasteiger partial charge >= 0.3 is 5.97 Å². The van der Waals surface area contributed by atoms with Gasteiger partial charge in [0.1, 0.15) is 16.9 Å². The zero-order valence-corrected chi connectivity index (χ0v) is 18.8. The lowest BCUT2D eigenvalue weighted by Gasteiger charge is -2.10. The Morgan fingerprint density at radius 1 is 1.18 bits per heavy atom. The van der Waals surface area contributed by atoms with Crippen molar-refractivity contribution in [3.63, 3.8) is 0 Å². The van der Waals surface area contributed by atoms with E-state index in [1.54, 1.807) is 48.7 Å². The van der Waals surface area contributed by atoms with Crippen LogP contribution >= 0.6 is 0 Å². The molecule has 3 atom stereocenters. The van der Waals surface area contributed by atoms with Crippen molar-refractivity contribution in [2.24, 2.45) is 0 Å². The highest BCUT2D eigenvalue weighted by Crippen LogP contribution is 2.33. The Balaban J connectivity index is 1.44. The number of benzene rings is 2. The number of hydrogen-bond donors (Lipinski definition) is 1. The van der Waals surface area contributed by atoms with Gasteiger partial charge in [0.15, 0.2) is 0 Å². The summed E-state index contributed by atoms with van der Waals surface area (Å²) in [7, 11) is -1.26. The summed E-state index contributed by atoms with van der Waals surface area (Å²) in [6, 6.07) is 17.3. The maximum atomic E-state index is 14.9. The zero-order valence-electron chi connectivity index (χ0n) is 18.0. The average molecular weight is 467 g/mol. The summed E-state index contributed by atoms with van der Waals surface area (Å²) >= 11 is 0. The fraction of sp³-hybridized carbons (Fsp3) is 0.240. The summed E-state index contributed by atoms with van der Waals surface area (Å²) < 4.78 is 32.7. The van der Waals surface area contributed by atoms with Gasteiger partial charge < -0.3 is 10.1 Å². The van der Waals surface area contributed by atoms with E-state index >= 15 is 0 Å². The first-order chi connectivity index (χ1) is 15.9. The lowest BCUT2D eigenvalue weighted by Crippen LogP contribution is -2.30. The molecule has 1 aromatic heterocycles. The van der Waals surface area contributed by atoms with Crippen LogP contribution in [-0.2, 0) is 30.9 Å². The fourth-order valence-electron chi connectivity index (χ4n) is 3.78. The van der Waals surface area contributed by atoms with Crippen LogP contribution in [0, 0.1) is 5.82 Å². The van der Waals surface area contributed by atoms with Gasteiger partial charge in [-0.05, 0) is 34.9 Å². The number of rotatable bonds is 7. The number of cyclic esters (lactones) is 1. The number of ether oxygens (including phenoxy) is 1. The maximum Gasteiger partial charge on any atom is 0.313 e. The molecule has 0 saturated carbocycles. The molecule has 1 saturated heterocycles. The first-order valence-electron chi connectivity index (χ1n) is 10.5. The molecule has 6 nitrogen and oxygen atoms in total. The molecular formula is C25H23FN2O4S. The normalized spacial score (nSPS) is 18.5. The molecule has 0 bridgehead atoms. The number of aromatic nitrogens is 1. The predicted octanol–water partition coefficient (Wildman–Crippen LogP) is 3.73. The minimum Gasteiger partial charge on any atom is -0.460 e. The van der Waals surface area contributed by atoms with Crippen LogP contribution in [0.1, 0.15) is 30.4 Å². The van der Waals surface area contributed by atoms with Crippen molar-refractivity contribution in [1.82, 2.24) is 10.3 Å². The number of carbonyl (C=O) groups is 2. The minimum absolute atomic E-state index is 0.195. The highest BCUT2D eigenvalue weighted by molar-refractivity contribution is 7.84. The molecule has 1 fully saturated rings. The number of halogens is 1. The Bertz CT molecular complexity index is 1180. The molecule has 8 heteroatoms. The molecule has 0 aliphatic carbocycles. The molecular weight excluding hydrogens is 443 g/mol. The van der Waals surface area contributed by atoms with Crippen LogP contribution in [-0.4, -0.2) is 33.7 Å². The third kappa shape index (κ3) is 5.51. The lowest BCUT2D eigenvalue weighted by atomic mass is 9.93. The van der Waals surface area contributed by atoms with Crippen LogP contribution in [0.15, 0.2) is 71.9 Å². The molecule has 2 unspecified atom stereocenters. The number of pyridine rings is 1. The van der Waals surface area contributed by atoms with E-state index in [9.17, 15) is 18.2 Å². The Kier molecular flexibility index (Phi) is 6.93. The molecule has 4 rings (SSSR count). The second kappa shape index (κ2) is 10.0. The first-order valence-corrected chi connectivity index (χ1v) is 11.9. The van der Waals surface area contributed by atoms with Crippen molar-refractivity contribution >= 4 is 22.7 Å². The standard InChI is InChI=1S/C25H23FN2O4S/c1-16(29)28-14-20-13-22(25(30)32-20)19-9-10-21(23(26)12-19)18-7-5-17(6-8-18)15-33(31)24-4-2-3-11-27-24/h2-12,20,22H,13-15H2,1H3,(H,28,29)/t20-,22?,33?/m0/s1. The smallest absolute Gasteiger partial charge is 0.313 e. The Morgan fingerprint density at radius 3 is 2.64 bits per heavy atom. The second-order valence-electron chi connectivity index (χ2n) is 7.88. The SMILES string of the molecule is CC(=O)NC[C@@H]1CC(c2ccc(-c3ccc(CS(=O)c4ccccn4)cc3)c(F)c2)C(=O)O1. The van der Waals surface area contributed by atoms with Gasteiger partial charge in [0.25, 0.3) is 0 Å². The van der Waals surface area contributed by atoms with E-state index in [1.165, 1.54) is 13.0 Å². The Labute approximate surface area is 193 Å². The summed E-state index contributed by atoms with van der Waals surface area (Å²) in [6.07, 6.45) is 1.58. The van der Waals surface area contributed by atoms with Crippen LogP contribution in [0.2, 0.25) is 0 Å². The minimum atomic E-state index is -1.26. The van der Waals surface area contributed by atoms with Crippen molar-refractivity contribution in [2.75, 3.05) is 6.54 Å². The maximum absolute atomic E-state index is 14.9. The molecule has 2 aromatic carbocycles. The van der Waals surface area contributed by atoms with E-state index in [0.29, 0.717) is 33.9 Å². The second-order valence-corrected chi connectivity index (χ2v) is 9.28. The molecule has 0 radical (unpaired) electrons. The van der Waals surface area contributed by atoms with Gasteiger partial charge in [-0.25, -0.2) is 9.37 Å². The molecule has 3 aromatic rings. The average Bonchev–Trinajstić information content (AvgIpc) is 3.19. The Hall–Kier alpha value is -3.39. The van der Waals surface area contributed by atoms with Crippen molar-refractivity contribution in [1.29, 1.82) is 0 Å². The van der Waals surface area contributed by atoms with Gasteiger partial charge in [0, 0.05) is 25.1 Å². The number of esters is 1. The van der Waals surface area contributed by atoms with Crippen molar-refractivity contribution in [2.45, 2.75) is 36.1 Å². The fourth-order valence-corrected chi connectivity index (χ4v) is 4.83. The largest absolute Gasteiger partial charge is 0.460 e. The molecule has 1 N–H and O–H groups in total. The summed E-state index contributed by atoms with van der Waals surface area (Å²) in [4.78, 5) is 27.4. The topological polar surface area (TPSA) is 85.4 Å². The number of nitrogens with zero attached hydrogens (tertiary/aromatic N) is 1. The summed E-state index contributed by atoms with van der Waals surface area (Å²) in [5.41, 5.74) is 2.51. The number of hydrogen-bond acceptors (Lipinski definition) is 5. The van der Waals surface area contributed by atoms with Gasteiger partial charge in [0.2, 0.25) is 5.91 Å².